The highest BCUT2D eigenvalue weighted by Crippen LogP contribution is 2.25. The number of hydrogen-bond acceptors (Lipinski definition) is 6. The maximum atomic E-state index is 14.3. The monoisotopic (exact) mass is 668 g/mol. The lowest BCUT2D eigenvalue weighted by atomic mass is 10.0. The topological polar surface area (TPSA) is 125 Å². The first-order valence-electron chi connectivity index (χ1n) is 16.2. The number of ether oxygens (including phenoxy) is 1. The largest absolute Gasteiger partial charge is 0.491 e. The first kappa shape index (κ1) is 33.2. The SMILES string of the molecule is Cc1ccc(S(=O)(=O)N[C@H]2CCCN(C)C(=O)c3cccc(c3)OC[C@@H]3C[C@H](NC(=O)Cc4ccc5ccccc5c4)CN3C2=O)cc1. The minimum absolute atomic E-state index is 0.0613. The van der Waals surface area contributed by atoms with Crippen LogP contribution in [0.4, 0.5) is 0 Å². The Balaban J connectivity index is 1.24. The summed E-state index contributed by atoms with van der Waals surface area (Å²) < 4.78 is 35.8. The summed E-state index contributed by atoms with van der Waals surface area (Å²) in [6, 6.07) is 25.4. The molecule has 3 atom stereocenters. The van der Waals surface area contributed by atoms with Gasteiger partial charge in [-0.05, 0) is 72.9 Å². The quantitative estimate of drug-likeness (QED) is 0.319. The summed E-state index contributed by atoms with van der Waals surface area (Å²) in [5, 5.41) is 5.25. The Labute approximate surface area is 281 Å². The van der Waals surface area contributed by atoms with Crippen LogP contribution in [0.25, 0.3) is 10.8 Å². The molecule has 2 heterocycles. The average Bonchev–Trinajstić information content (AvgIpc) is 3.48. The Morgan fingerprint density at radius 2 is 1.71 bits per heavy atom. The molecule has 1 fully saturated rings. The van der Waals surface area contributed by atoms with Gasteiger partial charge in [0.1, 0.15) is 18.4 Å². The normalized spacial score (nSPS) is 20.6. The number of amides is 3. The molecule has 0 radical (unpaired) electrons. The zero-order valence-corrected chi connectivity index (χ0v) is 27.9. The van der Waals surface area contributed by atoms with Crippen LogP contribution in [-0.2, 0) is 26.0 Å². The van der Waals surface area contributed by atoms with Crippen molar-refractivity contribution in [2.45, 2.75) is 55.6 Å². The number of carbonyl (C=O) groups is 3. The molecule has 3 amide bonds. The van der Waals surface area contributed by atoms with Crippen LogP contribution in [0.1, 0.15) is 40.7 Å². The Morgan fingerprint density at radius 1 is 0.938 bits per heavy atom. The molecule has 6 rings (SSSR count). The van der Waals surface area contributed by atoms with Gasteiger partial charge < -0.3 is 19.9 Å². The maximum Gasteiger partial charge on any atom is 0.253 e. The molecule has 2 aliphatic heterocycles. The fourth-order valence-corrected chi connectivity index (χ4v) is 7.66. The van der Waals surface area contributed by atoms with E-state index in [-0.39, 0.29) is 48.7 Å². The average molecular weight is 669 g/mol. The molecule has 48 heavy (non-hydrogen) atoms. The fourth-order valence-electron chi connectivity index (χ4n) is 6.43. The van der Waals surface area contributed by atoms with Crippen molar-refractivity contribution in [2.24, 2.45) is 0 Å². The third-order valence-electron chi connectivity index (χ3n) is 9.02. The van der Waals surface area contributed by atoms with E-state index in [4.69, 9.17) is 4.74 Å². The number of nitrogens with one attached hydrogen (secondary N) is 2. The number of benzene rings is 4. The number of carbonyl (C=O) groups excluding carboxylic acids is 3. The van der Waals surface area contributed by atoms with E-state index in [1.807, 2.05) is 49.4 Å². The lowest BCUT2D eigenvalue weighted by Gasteiger charge is -2.30. The van der Waals surface area contributed by atoms with Gasteiger partial charge in [0.15, 0.2) is 0 Å². The van der Waals surface area contributed by atoms with E-state index in [9.17, 15) is 22.8 Å². The van der Waals surface area contributed by atoms with Crippen molar-refractivity contribution in [1.82, 2.24) is 19.8 Å². The van der Waals surface area contributed by atoms with Crippen molar-refractivity contribution in [2.75, 3.05) is 26.7 Å². The Bertz CT molecular complexity index is 1930. The maximum absolute atomic E-state index is 14.3. The minimum atomic E-state index is -4.04. The molecule has 11 heteroatoms. The molecule has 1 saturated heterocycles. The van der Waals surface area contributed by atoms with Gasteiger partial charge in [0.05, 0.1) is 17.4 Å². The molecule has 4 aromatic rings. The number of fused-ring (bicyclic) bond motifs is 4. The number of nitrogens with zero attached hydrogens (tertiary/aromatic N) is 2. The van der Waals surface area contributed by atoms with Crippen LogP contribution in [-0.4, -0.2) is 80.8 Å². The molecule has 4 aromatic carbocycles. The molecule has 0 aromatic heterocycles. The van der Waals surface area contributed by atoms with Crippen LogP contribution in [0.5, 0.6) is 5.75 Å². The highest BCUT2D eigenvalue weighted by molar-refractivity contribution is 7.89. The van der Waals surface area contributed by atoms with Gasteiger partial charge in [-0.3, -0.25) is 14.4 Å². The standard InChI is InChI=1S/C37H40N4O6S/c1-25-12-16-33(17-13-25)48(45,46)39-34-11-6-18-40(2)36(43)29-9-5-10-32(21-29)47-24-31-22-30(23-41(31)37(34)44)38-35(42)20-26-14-15-27-7-3-4-8-28(27)19-26/h3-5,7-10,12-17,19,21,30-31,34,39H,6,11,18,20,22-24H2,1-2H3,(H,38,42)/t30-,31-,34-/m0/s1. The smallest absolute Gasteiger partial charge is 0.253 e. The summed E-state index contributed by atoms with van der Waals surface area (Å²) in [5.41, 5.74) is 2.27. The Kier molecular flexibility index (Phi) is 9.79. The van der Waals surface area contributed by atoms with Crippen molar-refractivity contribution in [3.63, 3.8) is 0 Å². The van der Waals surface area contributed by atoms with Crippen molar-refractivity contribution in [1.29, 1.82) is 0 Å². The molecule has 10 nitrogen and oxygen atoms in total. The number of hydrogen-bond donors (Lipinski definition) is 2. The van der Waals surface area contributed by atoms with Gasteiger partial charge >= 0.3 is 0 Å². The summed E-state index contributed by atoms with van der Waals surface area (Å²) in [6.45, 7) is 2.49. The van der Waals surface area contributed by atoms with Crippen LogP contribution >= 0.6 is 0 Å². The van der Waals surface area contributed by atoms with Crippen LogP contribution in [0.15, 0.2) is 95.9 Å². The molecule has 2 bridgehead atoms. The van der Waals surface area contributed by atoms with Crippen LogP contribution < -0.4 is 14.8 Å². The predicted octanol–water partition coefficient (Wildman–Crippen LogP) is 4.07. The van der Waals surface area contributed by atoms with Crippen LogP contribution in [0, 0.1) is 6.92 Å². The summed E-state index contributed by atoms with van der Waals surface area (Å²) in [5.74, 6) is -0.275. The molecular formula is C37H40N4O6S. The van der Waals surface area contributed by atoms with Crippen molar-refractivity contribution in [3.05, 3.63) is 108 Å². The number of aryl methyl sites for hydroxylation is 1. The second kappa shape index (κ2) is 14.2. The summed E-state index contributed by atoms with van der Waals surface area (Å²) in [7, 11) is -2.37. The summed E-state index contributed by atoms with van der Waals surface area (Å²) in [6.07, 6.45) is 1.16. The number of rotatable bonds is 6. The lowest BCUT2D eigenvalue weighted by molar-refractivity contribution is -0.134. The van der Waals surface area contributed by atoms with E-state index in [0.29, 0.717) is 30.7 Å². The van der Waals surface area contributed by atoms with E-state index in [1.165, 1.54) is 12.1 Å². The van der Waals surface area contributed by atoms with E-state index < -0.39 is 28.0 Å². The third kappa shape index (κ3) is 7.69. The van der Waals surface area contributed by atoms with E-state index in [0.717, 1.165) is 21.9 Å². The van der Waals surface area contributed by atoms with Gasteiger partial charge in [0, 0.05) is 31.7 Å². The van der Waals surface area contributed by atoms with Gasteiger partial charge in [-0.25, -0.2) is 8.42 Å². The minimum Gasteiger partial charge on any atom is -0.491 e. The van der Waals surface area contributed by atoms with E-state index in [1.54, 1.807) is 53.2 Å². The molecule has 2 N–H and O–H groups in total. The molecule has 250 valence electrons. The molecule has 0 saturated carbocycles. The highest BCUT2D eigenvalue weighted by atomic mass is 32.2. The van der Waals surface area contributed by atoms with Gasteiger partial charge in [-0.1, -0.05) is 66.2 Å². The second-order valence-electron chi connectivity index (χ2n) is 12.7. The molecule has 0 aliphatic carbocycles. The Hall–Kier alpha value is -4.74. The predicted molar refractivity (Wildman–Crippen MR) is 183 cm³/mol. The van der Waals surface area contributed by atoms with Crippen LogP contribution in [0.2, 0.25) is 0 Å². The van der Waals surface area contributed by atoms with Crippen molar-refractivity contribution >= 4 is 38.5 Å². The summed E-state index contributed by atoms with van der Waals surface area (Å²) >= 11 is 0. The van der Waals surface area contributed by atoms with Gasteiger partial charge in [-0.2, -0.15) is 4.72 Å². The van der Waals surface area contributed by atoms with E-state index in [2.05, 4.69) is 10.0 Å². The van der Waals surface area contributed by atoms with Gasteiger partial charge in [0.2, 0.25) is 21.8 Å². The zero-order chi connectivity index (χ0) is 33.8. The lowest BCUT2D eigenvalue weighted by Crippen LogP contribution is -2.51. The van der Waals surface area contributed by atoms with Gasteiger partial charge in [0.25, 0.3) is 5.91 Å². The molecular weight excluding hydrogens is 628 g/mol. The van der Waals surface area contributed by atoms with Crippen molar-refractivity contribution < 1.29 is 27.5 Å². The summed E-state index contributed by atoms with van der Waals surface area (Å²) in [4.78, 5) is 43.9. The van der Waals surface area contributed by atoms with Crippen molar-refractivity contribution in [3.8, 4) is 5.75 Å². The van der Waals surface area contributed by atoms with E-state index >= 15 is 0 Å². The third-order valence-corrected chi connectivity index (χ3v) is 10.5. The first-order valence-corrected chi connectivity index (χ1v) is 17.7. The fraction of sp³-hybridized carbons (Fsp3) is 0.324. The molecule has 0 unspecified atom stereocenters. The second-order valence-corrected chi connectivity index (χ2v) is 14.4. The molecule has 2 aliphatic rings. The number of sulfonamides is 1. The first-order chi connectivity index (χ1) is 23.1. The van der Waals surface area contributed by atoms with Gasteiger partial charge in [-0.15, -0.1) is 0 Å². The highest BCUT2D eigenvalue weighted by Gasteiger charge is 2.40. The Morgan fingerprint density at radius 3 is 2.50 bits per heavy atom. The zero-order valence-electron chi connectivity index (χ0n) is 27.1. The molecule has 0 spiro atoms. The van der Waals surface area contributed by atoms with Crippen LogP contribution in [0.3, 0.4) is 0 Å².